The SMILES string of the molecule is CC(C)C[C@H](NC(=O)[C@@H](NC(=O)[C@@H](N)CS)C(C)C)C(=O)N[C@@H](CC(N)=O)C(=O)NCC(=O)N[C@@H](CCCN=C(N)N)C(=O)N[C@@H](CCC(=O)O)C(=O)N[C@@H](CS)C(=O)O. The Bertz CT molecular complexity index is 1560. The molecule has 0 radical (unpaired) electrons. The zero-order chi connectivity index (χ0) is 46.3. The summed E-state index contributed by atoms with van der Waals surface area (Å²) in [5.41, 5.74) is 21.8. The van der Waals surface area contributed by atoms with E-state index < -0.39 is 133 Å². The summed E-state index contributed by atoms with van der Waals surface area (Å²) in [7, 11) is 0. The van der Waals surface area contributed by atoms with E-state index in [1.165, 1.54) is 0 Å². The van der Waals surface area contributed by atoms with Gasteiger partial charge in [0.25, 0.3) is 0 Å². The van der Waals surface area contributed by atoms with E-state index in [-0.39, 0.29) is 49.2 Å². The second-order valence-electron chi connectivity index (χ2n) is 14.3. The third-order valence-electron chi connectivity index (χ3n) is 8.26. The van der Waals surface area contributed by atoms with Crippen molar-refractivity contribution in [1.82, 2.24) is 37.2 Å². The van der Waals surface area contributed by atoms with E-state index in [2.05, 4.69) is 67.5 Å². The zero-order valence-corrected chi connectivity index (χ0v) is 35.7. The minimum Gasteiger partial charge on any atom is -0.481 e. The second-order valence-corrected chi connectivity index (χ2v) is 15.0. The molecule has 0 saturated carbocycles. The summed E-state index contributed by atoms with van der Waals surface area (Å²) in [5, 5.41) is 35.0. The third-order valence-corrected chi connectivity index (χ3v) is 9.01. The van der Waals surface area contributed by atoms with E-state index in [1.807, 2.05) is 0 Å². The fourth-order valence-electron chi connectivity index (χ4n) is 5.10. The van der Waals surface area contributed by atoms with E-state index in [9.17, 15) is 58.2 Å². The molecule has 0 heterocycles. The number of primary amides is 1. The first-order chi connectivity index (χ1) is 27.9. The topological polar surface area (TPSA) is 412 Å². The van der Waals surface area contributed by atoms with Crippen LogP contribution in [0.5, 0.6) is 0 Å². The highest BCUT2D eigenvalue weighted by molar-refractivity contribution is 7.80. The summed E-state index contributed by atoms with van der Waals surface area (Å²) in [6, 6.07) is -9.53. The van der Waals surface area contributed by atoms with Crippen LogP contribution in [0.25, 0.3) is 0 Å². The predicted molar refractivity (Wildman–Crippen MR) is 223 cm³/mol. The van der Waals surface area contributed by atoms with Crippen molar-refractivity contribution in [3.05, 3.63) is 0 Å². The van der Waals surface area contributed by atoms with E-state index in [4.69, 9.17) is 22.9 Å². The van der Waals surface area contributed by atoms with Gasteiger partial charge in [0, 0.05) is 24.5 Å². The monoisotopic (exact) mass is 892 g/mol. The van der Waals surface area contributed by atoms with E-state index in [0.29, 0.717) is 0 Å². The van der Waals surface area contributed by atoms with Gasteiger partial charge in [-0.15, -0.1) is 0 Å². The van der Waals surface area contributed by atoms with Gasteiger partial charge >= 0.3 is 11.9 Å². The van der Waals surface area contributed by atoms with Crippen molar-refractivity contribution < 1.29 is 58.2 Å². The Labute approximate surface area is 357 Å². The molecule has 0 aromatic rings. The van der Waals surface area contributed by atoms with Crippen LogP contribution in [0.4, 0.5) is 0 Å². The van der Waals surface area contributed by atoms with Gasteiger partial charge in [-0.25, -0.2) is 4.79 Å². The second kappa shape index (κ2) is 28.2. The Balaban J connectivity index is 6.14. The lowest BCUT2D eigenvalue weighted by molar-refractivity contribution is -0.142. The summed E-state index contributed by atoms with van der Waals surface area (Å²) < 4.78 is 0. The van der Waals surface area contributed by atoms with Crippen molar-refractivity contribution in [2.45, 2.75) is 109 Å². The van der Waals surface area contributed by atoms with E-state index >= 15 is 0 Å². The van der Waals surface area contributed by atoms with Crippen molar-refractivity contribution in [1.29, 1.82) is 0 Å². The molecular weight excluding hydrogens is 833 g/mol. The molecule has 0 fully saturated rings. The molecule has 17 N–H and O–H groups in total. The molecule has 8 amide bonds. The highest BCUT2D eigenvalue weighted by Crippen LogP contribution is 2.10. The van der Waals surface area contributed by atoms with Crippen LogP contribution in [-0.2, 0) is 47.9 Å². The van der Waals surface area contributed by atoms with Crippen molar-refractivity contribution >= 4 is 90.4 Å². The molecule has 24 nitrogen and oxygen atoms in total. The van der Waals surface area contributed by atoms with Gasteiger partial charge in [-0.2, -0.15) is 25.3 Å². The first kappa shape index (κ1) is 54.6. The average Bonchev–Trinajstić information content (AvgIpc) is 3.15. The number of aliphatic imine (C=N–C) groups is 1. The van der Waals surface area contributed by atoms with Gasteiger partial charge < -0.3 is 70.4 Å². The summed E-state index contributed by atoms with van der Waals surface area (Å²) in [4.78, 5) is 130. The van der Waals surface area contributed by atoms with Crippen LogP contribution in [0.3, 0.4) is 0 Å². The lowest BCUT2D eigenvalue weighted by Gasteiger charge is -2.28. The van der Waals surface area contributed by atoms with Gasteiger partial charge in [-0.1, -0.05) is 27.7 Å². The highest BCUT2D eigenvalue weighted by Gasteiger charge is 2.34. The Morgan fingerprint density at radius 2 is 1.17 bits per heavy atom. The van der Waals surface area contributed by atoms with Gasteiger partial charge in [-0.05, 0) is 37.5 Å². The van der Waals surface area contributed by atoms with Crippen molar-refractivity contribution in [2.24, 2.45) is 39.8 Å². The molecule has 0 aliphatic rings. The summed E-state index contributed by atoms with van der Waals surface area (Å²) in [6.45, 7) is 5.98. The summed E-state index contributed by atoms with van der Waals surface area (Å²) in [6.07, 6.45) is -1.83. The van der Waals surface area contributed by atoms with E-state index in [0.717, 1.165) is 0 Å². The van der Waals surface area contributed by atoms with Crippen LogP contribution < -0.4 is 60.2 Å². The quantitative estimate of drug-likeness (QED) is 0.0144. The van der Waals surface area contributed by atoms with Crippen molar-refractivity contribution in [3.8, 4) is 0 Å². The first-order valence-corrected chi connectivity index (χ1v) is 20.0. The lowest BCUT2D eigenvalue weighted by Crippen LogP contribution is -2.59. The molecule has 26 heteroatoms. The number of nitrogens with two attached hydrogens (primary N) is 4. The molecule has 0 aromatic heterocycles. The molecule has 0 unspecified atom stereocenters. The third kappa shape index (κ3) is 22.1. The predicted octanol–water partition coefficient (Wildman–Crippen LogP) is -5.22. The molecule has 0 aromatic carbocycles. The summed E-state index contributed by atoms with van der Waals surface area (Å²) >= 11 is 7.86. The molecule has 60 heavy (non-hydrogen) atoms. The largest absolute Gasteiger partial charge is 0.481 e. The maximum Gasteiger partial charge on any atom is 0.327 e. The Morgan fingerprint density at radius 3 is 1.65 bits per heavy atom. The fourth-order valence-corrected chi connectivity index (χ4v) is 5.51. The lowest BCUT2D eigenvalue weighted by atomic mass is 9.99. The number of nitrogens with zero attached hydrogens (tertiary/aromatic N) is 1. The number of hydrogen-bond acceptors (Lipinski definition) is 14. The molecule has 0 spiro atoms. The number of carbonyl (C=O) groups is 10. The Morgan fingerprint density at radius 1 is 0.633 bits per heavy atom. The van der Waals surface area contributed by atoms with Crippen LogP contribution >= 0.6 is 25.3 Å². The number of hydrogen-bond donors (Lipinski definition) is 15. The molecule has 0 aliphatic heterocycles. The Hall–Kier alpha value is -5.37. The maximum atomic E-state index is 13.5. The van der Waals surface area contributed by atoms with Crippen LogP contribution in [0.1, 0.15) is 66.2 Å². The number of aliphatic carboxylic acids is 2. The fraction of sp³-hybridized carbons (Fsp3) is 0.676. The number of amides is 8. The smallest absolute Gasteiger partial charge is 0.327 e. The number of nitrogens with one attached hydrogen (secondary N) is 7. The number of thiol groups is 2. The molecule has 0 aliphatic carbocycles. The van der Waals surface area contributed by atoms with Gasteiger partial charge in [0.05, 0.1) is 19.0 Å². The van der Waals surface area contributed by atoms with Crippen LogP contribution in [-0.4, -0.2) is 142 Å². The van der Waals surface area contributed by atoms with Crippen molar-refractivity contribution in [2.75, 3.05) is 24.6 Å². The van der Waals surface area contributed by atoms with Crippen LogP contribution in [0.15, 0.2) is 4.99 Å². The van der Waals surface area contributed by atoms with Gasteiger partial charge in [0.2, 0.25) is 47.3 Å². The standard InChI is InChI=1S/C34H60N12O12S2/c1-15(2)10-20(44-32(56)26(16(3)4)46-27(51)17(35)13-59)31(55)43-21(11-23(36)47)28(52)40-12-24(48)41-18(6-5-9-39-34(37)38)29(53)42-19(7-8-25(49)50)30(54)45-22(14-60)33(57)58/h15-22,26,59-60H,5-14,35H2,1-4H3,(H2,36,47)(H,40,52)(H,41,48)(H,42,53)(H,43,55)(H,44,56)(H,45,54)(H,46,51)(H,49,50)(H,57,58)(H4,37,38,39)/t17-,18-,19-,20-,21-,22-,26-/m0/s1. The molecule has 7 atom stereocenters. The number of carboxylic acids is 2. The number of guanidine groups is 1. The maximum absolute atomic E-state index is 13.5. The number of rotatable bonds is 29. The highest BCUT2D eigenvalue weighted by atomic mass is 32.1. The minimum absolute atomic E-state index is 0.00401. The van der Waals surface area contributed by atoms with Gasteiger partial charge in [0.15, 0.2) is 5.96 Å². The van der Waals surface area contributed by atoms with E-state index in [1.54, 1.807) is 27.7 Å². The molecule has 0 bridgehead atoms. The van der Waals surface area contributed by atoms with Crippen LogP contribution in [0.2, 0.25) is 0 Å². The minimum atomic E-state index is -1.65. The van der Waals surface area contributed by atoms with Gasteiger partial charge in [-0.3, -0.25) is 48.1 Å². The normalized spacial score (nSPS) is 14.4. The molecule has 340 valence electrons. The van der Waals surface area contributed by atoms with Crippen molar-refractivity contribution in [3.63, 3.8) is 0 Å². The Kier molecular flexibility index (Phi) is 25.6. The molecular formula is C34H60N12O12S2. The molecule has 0 saturated heterocycles. The average molecular weight is 893 g/mol. The zero-order valence-electron chi connectivity index (χ0n) is 33.9. The summed E-state index contributed by atoms with van der Waals surface area (Å²) in [5.74, 6) is -11.4. The number of carboxylic acid groups (broad SMARTS) is 2. The van der Waals surface area contributed by atoms with Gasteiger partial charge in [0.1, 0.15) is 36.3 Å². The van der Waals surface area contributed by atoms with Crippen LogP contribution in [0, 0.1) is 11.8 Å². The number of carbonyl (C=O) groups excluding carboxylic acids is 8. The molecule has 0 rings (SSSR count). The first-order valence-electron chi connectivity index (χ1n) is 18.8.